The highest BCUT2D eigenvalue weighted by atomic mass is 16.5. The number of imidazole rings is 1. The van der Waals surface area contributed by atoms with Crippen LogP contribution in [0.5, 0.6) is 0 Å². The third-order valence-corrected chi connectivity index (χ3v) is 7.61. The summed E-state index contributed by atoms with van der Waals surface area (Å²) in [7, 11) is 0. The fraction of sp³-hybridized carbons (Fsp3) is 0.429. The number of aromatic amines is 1. The van der Waals surface area contributed by atoms with E-state index in [0.29, 0.717) is 25.0 Å². The Hall–Kier alpha value is -4.80. The molecule has 0 fully saturated rings. The number of nitrogens with zero attached hydrogens (tertiary/aromatic N) is 1. The number of ether oxygens (including phenoxy) is 1. The predicted octanol–water partition coefficient (Wildman–Crippen LogP) is 4.08. The standard InChI is InChI=1S/C35H45N5O6/c1-4-29(42)16-15-27(21-41)30(17-24(2)3)38-34(44)32(19-28-20-36-23-37-28)39-33(43)31(18-25-11-7-5-8-12-25)40-35(45)46-22-26-13-9-6-10-14-26/h5-14,20-21,23-24,27,30-32H,4,15-19,22H2,1-3H3,(H,36,37)(H,38,44)(H,39,43)(H,40,45)/t27-,30+,31+,32?/m1/s1. The lowest BCUT2D eigenvalue weighted by atomic mass is 9.88. The van der Waals surface area contributed by atoms with Crippen LogP contribution in [0.25, 0.3) is 0 Å². The van der Waals surface area contributed by atoms with Crippen molar-refractivity contribution >= 4 is 30.0 Å². The molecule has 0 saturated carbocycles. The number of hydrogen-bond acceptors (Lipinski definition) is 7. The van der Waals surface area contributed by atoms with Gasteiger partial charge in [0.15, 0.2) is 0 Å². The van der Waals surface area contributed by atoms with Crippen LogP contribution in [0.15, 0.2) is 73.2 Å². The third kappa shape index (κ3) is 12.3. The van der Waals surface area contributed by atoms with Crippen LogP contribution >= 0.6 is 0 Å². The van der Waals surface area contributed by atoms with Crippen LogP contribution in [0.4, 0.5) is 4.79 Å². The summed E-state index contributed by atoms with van der Waals surface area (Å²) in [6.07, 6.45) is 4.73. The molecule has 1 unspecified atom stereocenters. The summed E-state index contributed by atoms with van der Waals surface area (Å²) in [5.41, 5.74) is 2.20. The highest BCUT2D eigenvalue weighted by molar-refractivity contribution is 5.92. The molecule has 3 rings (SSSR count). The summed E-state index contributed by atoms with van der Waals surface area (Å²) in [6, 6.07) is 15.7. The Labute approximate surface area is 270 Å². The number of hydrogen-bond donors (Lipinski definition) is 4. The Morgan fingerprint density at radius 2 is 1.50 bits per heavy atom. The quantitative estimate of drug-likeness (QED) is 0.145. The van der Waals surface area contributed by atoms with E-state index in [1.165, 1.54) is 6.33 Å². The van der Waals surface area contributed by atoms with Gasteiger partial charge in [-0.1, -0.05) is 81.4 Å². The van der Waals surface area contributed by atoms with Gasteiger partial charge in [0.2, 0.25) is 11.8 Å². The number of Topliss-reactive ketones (excluding diaryl/α,β-unsaturated/α-hetero) is 1. The van der Waals surface area contributed by atoms with E-state index in [9.17, 15) is 24.0 Å². The Morgan fingerprint density at radius 3 is 2.09 bits per heavy atom. The number of aldehydes is 1. The lowest BCUT2D eigenvalue weighted by Gasteiger charge is -2.29. The molecule has 0 spiro atoms. The average Bonchev–Trinajstić information content (AvgIpc) is 3.57. The van der Waals surface area contributed by atoms with Crippen LogP contribution in [0.1, 0.15) is 63.3 Å². The molecular formula is C35H45N5O6. The first kappa shape index (κ1) is 35.7. The van der Waals surface area contributed by atoms with Crippen LogP contribution in [0.3, 0.4) is 0 Å². The number of rotatable bonds is 19. The highest BCUT2D eigenvalue weighted by Gasteiger charge is 2.31. The van der Waals surface area contributed by atoms with E-state index in [1.807, 2.05) is 74.5 Å². The summed E-state index contributed by atoms with van der Waals surface area (Å²) in [6.45, 7) is 5.77. The Bertz CT molecular complexity index is 1380. The minimum Gasteiger partial charge on any atom is -0.445 e. The largest absolute Gasteiger partial charge is 0.445 e. The molecule has 11 nitrogen and oxygen atoms in total. The van der Waals surface area contributed by atoms with Crippen LogP contribution in [-0.2, 0) is 43.4 Å². The number of amides is 3. The van der Waals surface area contributed by atoms with E-state index in [0.717, 1.165) is 17.4 Å². The molecule has 0 radical (unpaired) electrons. The molecule has 2 aromatic carbocycles. The first-order valence-corrected chi connectivity index (χ1v) is 15.7. The number of benzene rings is 2. The van der Waals surface area contributed by atoms with E-state index < -0.39 is 42.0 Å². The molecule has 0 aliphatic carbocycles. The molecular weight excluding hydrogens is 586 g/mol. The van der Waals surface area contributed by atoms with E-state index in [1.54, 1.807) is 13.1 Å². The second kappa shape index (κ2) is 18.9. The SMILES string of the molecule is CCC(=O)CC[C@H](C=O)[C@H](CC(C)C)NC(=O)C(Cc1cnc[nH]1)NC(=O)[C@H](Cc1ccccc1)NC(=O)OCc1ccccc1. The van der Waals surface area contributed by atoms with Crippen LogP contribution in [0.2, 0.25) is 0 Å². The molecule has 3 aromatic rings. The van der Waals surface area contributed by atoms with Crippen molar-refractivity contribution in [2.24, 2.45) is 11.8 Å². The van der Waals surface area contributed by atoms with Gasteiger partial charge in [-0.15, -0.1) is 0 Å². The van der Waals surface area contributed by atoms with E-state index >= 15 is 0 Å². The van der Waals surface area contributed by atoms with Gasteiger partial charge < -0.3 is 30.5 Å². The van der Waals surface area contributed by atoms with Gasteiger partial charge in [0.1, 0.15) is 30.8 Å². The van der Waals surface area contributed by atoms with Crippen molar-refractivity contribution in [3.05, 3.63) is 90.0 Å². The number of H-pyrrole nitrogens is 1. The molecule has 11 heteroatoms. The fourth-order valence-electron chi connectivity index (χ4n) is 5.06. The van der Waals surface area contributed by atoms with Crippen molar-refractivity contribution in [1.29, 1.82) is 0 Å². The summed E-state index contributed by atoms with van der Waals surface area (Å²) in [4.78, 5) is 71.5. The summed E-state index contributed by atoms with van der Waals surface area (Å²) in [5, 5.41) is 8.46. The van der Waals surface area contributed by atoms with Gasteiger partial charge in [-0.2, -0.15) is 0 Å². The van der Waals surface area contributed by atoms with E-state index in [-0.39, 0.29) is 37.6 Å². The predicted molar refractivity (Wildman–Crippen MR) is 173 cm³/mol. The van der Waals surface area contributed by atoms with Crippen molar-refractivity contribution < 1.29 is 28.7 Å². The summed E-state index contributed by atoms with van der Waals surface area (Å²) >= 11 is 0. The van der Waals surface area contributed by atoms with Crippen LogP contribution in [0, 0.1) is 11.8 Å². The highest BCUT2D eigenvalue weighted by Crippen LogP contribution is 2.18. The Kier molecular flexibility index (Phi) is 14.6. The van der Waals surface area contributed by atoms with Crippen LogP contribution < -0.4 is 16.0 Å². The first-order chi connectivity index (χ1) is 22.2. The minimum atomic E-state index is -1.06. The normalized spacial score (nSPS) is 13.6. The molecule has 0 bridgehead atoms. The fourth-order valence-corrected chi connectivity index (χ4v) is 5.06. The Balaban J connectivity index is 1.80. The molecule has 4 N–H and O–H groups in total. The van der Waals surface area contributed by atoms with Gasteiger partial charge in [0, 0.05) is 49.5 Å². The topological polar surface area (TPSA) is 159 Å². The number of nitrogens with one attached hydrogen (secondary N) is 4. The van der Waals surface area contributed by atoms with Crippen molar-refractivity contribution in [3.63, 3.8) is 0 Å². The molecule has 3 amide bonds. The lowest BCUT2D eigenvalue weighted by molar-refractivity contribution is -0.131. The molecule has 1 aromatic heterocycles. The number of alkyl carbamates (subject to hydrolysis) is 1. The molecule has 4 atom stereocenters. The zero-order valence-electron chi connectivity index (χ0n) is 26.7. The van der Waals surface area contributed by atoms with Crippen LogP contribution in [-0.4, -0.2) is 58.1 Å². The summed E-state index contributed by atoms with van der Waals surface area (Å²) < 4.78 is 5.38. The smallest absolute Gasteiger partial charge is 0.408 e. The maximum absolute atomic E-state index is 13.8. The maximum atomic E-state index is 13.8. The zero-order chi connectivity index (χ0) is 33.3. The molecule has 246 valence electrons. The Morgan fingerprint density at radius 1 is 0.870 bits per heavy atom. The average molecular weight is 632 g/mol. The van der Waals surface area contributed by atoms with Gasteiger partial charge in [0.05, 0.1) is 6.33 Å². The summed E-state index contributed by atoms with van der Waals surface area (Å²) in [5.74, 6) is -1.45. The molecule has 1 heterocycles. The third-order valence-electron chi connectivity index (χ3n) is 7.61. The van der Waals surface area contributed by atoms with Gasteiger partial charge in [-0.05, 0) is 29.9 Å². The van der Waals surface area contributed by atoms with E-state index in [4.69, 9.17) is 4.74 Å². The zero-order valence-corrected chi connectivity index (χ0v) is 26.7. The molecule has 0 aliphatic rings. The minimum absolute atomic E-state index is 0.0240. The monoisotopic (exact) mass is 631 g/mol. The van der Waals surface area contributed by atoms with Gasteiger partial charge >= 0.3 is 6.09 Å². The van der Waals surface area contributed by atoms with E-state index in [2.05, 4.69) is 25.9 Å². The number of aromatic nitrogens is 2. The maximum Gasteiger partial charge on any atom is 0.408 e. The molecule has 46 heavy (non-hydrogen) atoms. The van der Waals surface area contributed by atoms with Crippen molar-refractivity contribution in [2.45, 2.75) is 84.0 Å². The molecule has 0 aliphatic heterocycles. The first-order valence-electron chi connectivity index (χ1n) is 15.7. The van der Waals surface area contributed by atoms with Crippen molar-refractivity contribution in [2.75, 3.05) is 0 Å². The van der Waals surface area contributed by atoms with Gasteiger partial charge in [-0.3, -0.25) is 14.4 Å². The molecule has 0 saturated heterocycles. The lowest BCUT2D eigenvalue weighted by Crippen LogP contribution is -2.57. The second-order valence-corrected chi connectivity index (χ2v) is 11.8. The van der Waals surface area contributed by atoms with Crippen molar-refractivity contribution in [3.8, 4) is 0 Å². The van der Waals surface area contributed by atoms with Gasteiger partial charge in [-0.25, -0.2) is 9.78 Å². The number of carbonyl (C=O) groups excluding carboxylic acids is 5. The van der Waals surface area contributed by atoms with Crippen molar-refractivity contribution in [1.82, 2.24) is 25.9 Å². The number of carbonyl (C=O) groups is 5. The van der Waals surface area contributed by atoms with Gasteiger partial charge in [0.25, 0.3) is 0 Å². The number of ketones is 1. The second-order valence-electron chi connectivity index (χ2n) is 11.8.